The van der Waals surface area contributed by atoms with E-state index in [0.717, 1.165) is 37.6 Å². The van der Waals surface area contributed by atoms with Crippen LogP contribution in [0, 0.1) is 0 Å². The highest BCUT2D eigenvalue weighted by atomic mass is 32.2. The first kappa shape index (κ1) is 17.3. The number of hydrogen-bond donors (Lipinski definition) is 0. The number of ether oxygens (including phenoxy) is 1. The smallest absolute Gasteiger partial charge is 0.270 e. The quantitative estimate of drug-likeness (QED) is 0.593. The van der Waals surface area contributed by atoms with E-state index in [4.69, 9.17) is 17.0 Å². The number of thioether (sulfide) groups is 1. The maximum Gasteiger partial charge on any atom is 0.270 e. The molecular formula is C20H18N2O2S2. The molecule has 26 heavy (non-hydrogen) atoms. The van der Waals surface area contributed by atoms with Crippen LogP contribution < -0.4 is 9.80 Å². The Morgan fingerprint density at radius 2 is 1.65 bits per heavy atom. The number of benzene rings is 2. The molecule has 2 aliphatic heterocycles. The van der Waals surface area contributed by atoms with Crippen molar-refractivity contribution in [3.63, 3.8) is 0 Å². The van der Waals surface area contributed by atoms with Crippen LogP contribution in [0.25, 0.3) is 6.08 Å². The van der Waals surface area contributed by atoms with Crippen LogP contribution in [0.1, 0.15) is 5.56 Å². The minimum absolute atomic E-state index is 0.0662. The number of anilines is 2. The first-order valence-electron chi connectivity index (χ1n) is 8.48. The summed E-state index contributed by atoms with van der Waals surface area (Å²) in [5.74, 6) is -0.0662. The molecule has 2 aromatic carbocycles. The summed E-state index contributed by atoms with van der Waals surface area (Å²) in [6.07, 6.45) is 1.91. The molecule has 2 aromatic rings. The minimum atomic E-state index is -0.0662. The van der Waals surface area contributed by atoms with Crippen LogP contribution in [0.4, 0.5) is 11.4 Å². The highest BCUT2D eigenvalue weighted by Crippen LogP contribution is 2.36. The maximum atomic E-state index is 12.8. The van der Waals surface area contributed by atoms with Crippen LogP contribution in [0.15, 0.2) is 59.5 Å². The Hall–Kier alpha value is -2.15. The van der Waals surface area contributed by atoms with E-state index in [2.05, 4.69) is 17.0 Å². The molecule has 2 fully saturated rings. The number of para-hydroxylation sites is 1. The molecule has 1 amide bonds. The normalized spacial score (nSPS) is 19.5. The lowest BCUT2D eigenvalue weighted by molar-refractivity contribution is -0.113. The van der Waals surface area contributed by atoms with Crippen LogP contribution in [0.3, 0.4) is 0 Å². The number of amides is 1. The molecule has 0 spiro atoms. The zero-order valence-electron chi connectivity index (χ0n) is 14.1. The Balaban J connectivity index is 1.53. The van der Waals surface area contributed by atoms with Crippen molar-refractivity contribution in [1.29, 1.82) is 0 Å². The molecule has 4 nitrogen and oxygen atoms in total. The Bertz CT molecular complexity index is 844. The zero-order chi connectivity index (χ0) is 17.9. The van der Waals surface area contributed by atoms with Gasteiger partial charge in [-0.15, -0.1) is 0 Å². The molecular weight excluding hydrogens is 364 g/mol. The van der Waals surface area contributed by atoms with Crippen molar-refractivity contribution in [2.45, 2.75) is 0 Å². The summed E-state index contributed by atoms with van der Waals surface area (Å²) in [7, 11) is 0. The number of hydrogen-bond acceptors (Lipinski definition) is 5. The summed E-state index contributed by atoms with van der Waals surface area (Å²) < 4.78 is 5.96. The third-order valence-corrected chi connectivity index (χ3v) is 5.68. The van der Waals surface area contributed by atoms with E-state index >= 15 is 0 Å². The van der Waals surface area contributed by atoms with E-state index in [0.29, 0.717) is 9.23 Å². The van der Waals surface area contributed by atoms with Gasteiger partial charge in [-0.25, -0.2) is 0 Å². The van der Waals surface area contributed by atoms with E-state index < -0.39 is 0 Å². The molecule has 6 heteroatoms. The first-order valence-corrected chi connectivity index (χ1v) is 9.70. The Morgan fingerprint density at radius 1 is 0.962 bits per heavy atom. The summed E-state index contributed by atoms with van der Waals surface area (Å²) in [6, 6.07) is 17.8. The largest absolute Gasteiger partial charge is 0.378 e. The molecule has 0 radical (unpaired) electrons. The van der Waals surface area contributed by atoms with Gasteiger partial charge in [-0.1, -0.05) is 54.3 Å². The number of morpholine rings is 1. The van der Waals surface area contributed by atoms with Gasteiger partial charge in [0.25, 0.3) is 5.91 Å². The molecule has 0 aromatic heterocycles. The third-order valence-electron chi connectivity index (χ3n) is 4.38. The fraction of sp³-hybridized carbons (Fsp3) is 0.200. The van der Waals surface area contributed by atoms with Crippen LogP contribution in [0.5, 0.6) is 0 Å². The maximum absolute atomic E-state index is 12.8. The Morgan fingerprint density at radius 3 is 2.35 bits per heavy atom. The van der Waals surface area contributed by atoms with Crippen molar-refractivity contribution in [3.05, 3.63) is 65.1 Å². The monoisotopic (exact) mass is 382 g/mol. The van der Waals surface area contributed by atoms with Crippen LogP contribution in [0.2, 0.25) is 0 Å². The van der Waals surface area contributed by atoms with Gasteiger partial charge in [0, 0.05) is 18.8 Å². The summed E-state index contributed by atoms with van der Waals surface area (Å²) in [4.78, 5) is 17.3. The van der Waals surface area contributed by atoms with Gasteiger partial charge in [-0.2, -0.15) is 0 Å². The molecule has 0 saturated carbocycles. The van der Waals surface area contributed by atoms with Gasteiger partial charge in [0.05, 0.1) is 23.8 Å². The van der Waals surface area contributed by atoms with Gasteiger partial charge >= 0.3 is 0 Å². The average Bonchev–Trinajstić information content (AvgIpc) is 2.97. The van der Waals surface area contributed by atoms with Gasteiger partial charge in [0.2, 0.25) is 0 Å². The highest BCUT2D eigenvalue weighted by molar-refractivity contribution is 8.27. The molecule has 0 unspecified atom stereocenters. The Labute approximate surface area is 162 Å². The summed E-state index contributed by atoms with van der Waals surface area (Å²) in [5, 5.41) is 0. The van der Waals surface area contributed by atoms with Gasteiger partial charge in [-0.3, -0.25) is 9.69 Å². The predicted molar refractivity (Wildman–Crippen MR) is 112 cm³/mol. The number of carbonyl (C=O) groups is 1. The van der Waals surface area contributed by atoms with Gasteiger partial charge in [-0.05, 0) is 35.9 Å². The molecule has 2 heterocycles. The van der Waals surface area contributed by atoms with E-state index in [1.807, 2.05) is 48.5 Å². The molecule has 0 N–H and O–H groups in total. The zero-order valence-corrected chi connectivity index (χ0v) is 15.8. The second-order valence-electron chi connectivity index (χ2n) is 6.04. The van der Waals surface area contributed by atoms with Crippen molar-refractivity contribution in [2.24, 2.45) is 0 Å². The van der Waals surface area contributed by atoms with Crippen molar-refractivity contribution in [3.8, 4) is 0 Å². The number of thiocarbonyl (C=S) groups is 1. The summed E-state index contributed by atoms with van der Waals surface area (Å²) in [6.45, 7) is 3.36. The lowest BCUT2D eigenvalue weighted by Gasteiger charge is -2.28. The number of nitrogens with zero attached hydrogens (tertiary/aromatic N) is 2. The number of rotatable bonds is 3. The number of carbonyl (C=O) groups excluding carboxylic acids is 1. The molecule has 4 rings (SSSR count). The highest BCUT2D eigenvalue weighted by Gasteiger charge is 2.33. The molecule has 2 aliphatic rings. The molecule has 2 saturated heterocycles. The topological polar surface area (TPSA) is 32.8 Å². The van der Waals surface area contributed by atoms with E-state index in [9.17, 15) is 4.79 Å². The fourth-order valence-corrected chi connectivity index (χ4v) is 4.32. The SMILES string of the molecule is O=C1/C(=C\c2ccc(N3CCOCC3)cc2)SC(=S)N1c1ccccc1. The van der Waals surface area contributed by atoms with Crippen LogP contribution in [-0.4, -0.2) is 36.5 Å². The molecule has 132 valence electrons. The minimum Gasteiger partial charge on any atom is -0.378 e. The average molecular weight is 383 g/mol. The lowest BCUT2D eigenvalue weighted by atomic mass is 10.1. The lowest BCUT2D eigenvalue weighted by Crippen LogP contribution is -2.36. The second kappa shape index (κ2) is 7.61. The third kappa shape index (κ3) is 3.53. The second-order valence-corrected chi connectivity index (χ2v) is 7.72. The summed E-state index contributed by atoms with van der Waals surface area (Å²) >= 11 is 6.75. The van der Waals surface area contributed by atoms with Gasteiger partial charge in [0.15, 0.2) is 4.32 Å². The van der Waals surface area contributed by atoms with Gasteiger partial charge in [0.1, 0.15) is 0 Å². The first-order chi connectivity index (χ1) is 12.7. The summed E-state index contributed by atoms with van der Waals surface area (Å²) in [5.41, 5.74) is 2.99. The van der Waals surface area contributed by atoms with Crippen molar-refractivity contribution < 1.29 is 9.53 Å². The Kier molecular flexibility index (Phi) is 5.06. The molecule has 0 aliphatic carbocycles. The van der Waals surface area contributed by atoms with Crippen molar-refractivity contribution >= 4 is 51.7 Å². The van der Waals surface area contributed by atoms with Crippen LogP contribution in [-0.2, 0) is 9.53 Å². The van der Waals surface area contributed by atoms with Crippen molar-refractivity contribution in [2.75, 3.05) is 36.1 Å². The van der Waals surface area contributed by atoms with Gasteiger partial charge < -0.3 is 9.64 Å². The van der Waals surface area contributed by atoms with E-state index in [1.54, 1.807) is 4.90 Å². The fourth-order valence-electron chi connectivity index (χ4n) is 3.02. The van der Waals surface area contributed by atoms with Crippen molar-refractivity contribution in [1.82, 2.24) is 0 Å². The molecule has 0 bridgehead atoms. The standard InChI is InChI=1S/C20H18N2O2S2/c23-19-18(26-20(25)22(19)17-4-2-1-3-5-17)14-15-6-8-16(9-7-15)21-10-12-24-13-11-21/h1-9,14H,10-13H2/b18-14+. The van der Waals surface area contributed by atoms with E-state index in [-0.39, 0.29) is 5.91 Å². The molecule has 0 atom stereocenters. The predicted octanol–water partition coefficient (Wildman–Crippen LogP) is 3.93. The van der Waals surface area contributed by atoms with Crippen LogP contribution >= 0.6 is 24.0 Å². The van der Waals surface area contributed by atoms with E-state index in [1.165, 1.54) is 17.4 Å².